The van der Waals surface area contributed by atoms with Crippen LogP contribution >= 0.6 is 11.3 Å². The summed E-state index contributed by atoms with van der Waals surface area (Å²) in [5, 5.41) is 2.52. The van der Waals surface area contributed by atoms with Gasteiger partial charge in [0.1, 0.15) is 5.69 Å². The Labute approximate surface area is 138 Å². The average molecular weight is 334 g/mol. The van der Waals surface area contributed by atoms with Crippen molar-refractivity contribution < 1.29 is 18.7 Å². The largest absolute Gasteiger partial charge is 0.462 e. The van der Waals surface area contributed by atoms with Crippen LogP contribution in [0.3, 0.4) is 0 Å². The molecule has 4 rings (SSSR count). The minimum Gasteiger partial charge on any atom is -0.462 e. The van der Waals surface area contributed by atoms with Crippen molar-refractivity contribution in [2.45, 2.75) is 31.6 Å². The lowest BCUT2D eigenvalue weighted by molar-refractivity contribution is -0.100. The van der Waals surface area contributed by atoms with Gasteiger partial charge in [-0.25, -0.2) is 4.98 Å². The Morgan fingerprint density at radius 1 is 1.30 bits per heavy atom. The van der Waals surface area contributed by atoms with Crippen LogP contribution in [0.15, 0.2) is 28.2 Å². The van der Waals surface area contributed by atoms with Gasteiger partial charge in [0.15, 0.2) is 17.1 Å². The van der Waals surface area contributed by atoms with Crippen molar-refractivity contribution in [3.63, 3.8) is 0 Å². The molecule has 0 radical (unpaired) electrons. The third-order valence-corrected chi connectivity index (χ3v) is 5.08. The quantitative estimate of drug-likeness (QED) is 0.863. The first-order valence-corrected chi connectivity index (χ1v) is 8.74. The first-order chi connectivity index (χ1) is 11.3. The highest BCUT2D eigenvalue weighted by atomic mass is 32.1. The van der Waals surface area contributed by atoms with Gasteiger partial charge in [-0.3, -0.25) is 4.79 Å². The molecule has 2 aliphatic rings. The molecule has 2 fully saturated rings. The molecule has 0 aliphatic carbocycles. The maximum Gasteiger partial charge on any atom is 0.273 e. The minimum absolute atomic E-state index is 0.0208. The maximum absolute atomic E-state index is 12.9. The SMILES string of the molecule is O=C(c1csc(-c2ccco2)n1)N1CCCCC1C1OCCO1. The van der Waals surface area contributed by atoms with Crippen molar-refractivity contribution >= 4 is 17.2 Å². The lowest BCUT2D eigenvalue weighted by Crippen LogP contribution is -2.50. The standard InChI is InChI=1S/C16H18N2O4S/c19-15(11-10-23-14(17-11)13-5-3-7-20-13)18-6-2-1-4-12(18)16-21-8-9-22-16/h3,5,7,10,12,16H,1-2,4,6,8-9H2. The van der Waals surface area contributed by atoms with Crippen molar-refractivity contribution in [2.24, 2.45) is 0 Å². The molecule has 4 heterocycles. The van der Waals surface area contributed by atoms with Crippen LogP contribution in [0, 0.1) is 0 Å². The third-order valence-electron chi connectivity index (χ3n) is 4.23. The van der Waals surface area contributed by atoms with E-state index in [4.69, 9.17) is 13.9 Å². The van der Waals surface area contributed by atoms with Crippen LogP contribution in [0.25, 0.3) is 10.8 Å². The Bertz CT molecular complexity index is 663. The predicted molar refractivity (Wildman–Crippen MR) is 84.2 cm³/mol. The lowest BCUT2D eigenvalue weighted by atomic mass is 10.0. The van der Waals surface area contributed by atoms with Crippen LogP contribution in [0.1, 0.15) is 29.8 Å². The molecular weight excluding hydrogens is 316 g/mol. The second kappa shape index (κ2) is 6.43. The summed E-state index contributed by atoms with van der Waals surface area (Å²) >= 11 is 1.42. The first-order valence-electron chi connectivity index (χ1n) is 7.86. The number of amides is 1. The van der Waals surface area contributed by atoms with Crippen molar-refractivity contribution in [1.29, 1.82) is 0 Å². The number of carbonyl (C=O) groups is 1. The molecule has 0 saturated carbocycles. The normalized spacial score (nSPS) is 22.6. The number of furan rings is 1. The van der Waals surface area contributed by atoms with Crippen molar-refractivity contribution in [3.05, 3.63) is 29.5 Å². The van der Waals surface area contributed by atoms with E-state index in [-0.39, 0.29) is 18.2 Å². The molecule has 2 aliphatic heterocycles. The lowest BCUT2D eigenvalue weighted by Gasteiger charge is -2.37. The summed E-state index contributed by atoms with van der Waals surface area (Å²) in [5.74, 6) is 0.634. The number of piperidine rings is 1. The minimum atomic E-state index is -0.303. The third kappa shape index (κ3) is 2.91. The first kappa shape index (κ1) is 14.9. The number of hydrogen-bond donors (Lipinski definition) is 0. The number of ether oxygens (including phenoxy) is 2. The molecule has 0 spiro atoms. The van der Waals surface area contributed by atoms with Crippen molar-refractivity contribution in [3.8, 4) is 10.8 Å². The summed E-state index contributed by atoms with van der Waals surface area (Å²) < 4.78 is 16.6. The van der Waals surface area contributed by atoms with Gasteiger partial charge in [0, 0.05) is 11.9 Å². The summed E-state index contributed by atoms with van der Waals surface area (Å²) in [4.78, 5) is 19.2. The molecule has 0 N–H and O–H groups in total. The molecule has 2 aromatic rings. The summed E-state index contributed by atoms with van der Waals surface area (Å²) in [6.07, 6.45) is 4.30. The molecule has 6 nitrogen and oxygen atoms in total. The Balaban J connectivity index is 1.54. The molecular formula is C16H18N2O4S. The fourth-order valence-corrected chi connectivity index (χ4v) is 3.88. The van der Waals surface area contributed by atoms with E-state index >= 15 is 0 Å². The smallest absolute Gasteiger partial charge is 0.273 e. The number of nitrogens with zero attached hydrogens (tertiary/aromatic N) is 2. The fraction of sp³-hybridized carbons (Fsp3) is 0.500. The van der Waals surface area contributed by atoms with Crippen LogP contribution in [0.4, 0.5) is 0 Å². The predicted octanol–water partition coefficient (Wildman–Crippen LogP) is 2.77. The zero-order valence-corrected chi connectivity index (χ0v) is 13.5. The van der Waals surface area contributed by atoms with E-state index in [2.05, 4.69) is 4.98 Å². The van der Waals surface area contributed by atoms with Gasteiger partial charge in [0.05, 0.1) is 25.5 Å². The maximum atomic E-state index is 12.9. The Morgan fingerprint density at radius 3 is 2.96 bits per heavy atom. The van der Waals surface area contributed by atoms with Gasteiger partial charge < -0.3 is 18.8 Å². The number of likely N-dealkylation sites (tertiary alicyclic amines) is 1. The topological polar surface area (TPSA) is 64.8 Å². The van der Waals surface area contributed by atoms with Gasteiger partial charge in [-0.15, -0.1) is 11.3 Å². The van der Waals surface area contributed by atoms with Crippen molar-refractivity contribution in [2.75, 3.05) is 19.8 Å². The van der Waals surface area contributed by atoms with Gasteiger partial charge in [-0.2, -0.15) is 0 Å². The van der Waals surface area contributed by atoms with Crippen LogP contribution < -0.4 is 0 Å². The second-order valence-corrected chi connectivity index (χ2v) is 6.54. The zero-order valence-electron chi connectivity index (χ0n) is 12.6. The summed E-state index contributed by atoms with van der Waals surface area (Å²) in [6, 6.07) is 3.64. The Kier molecular flexibility index (Phi) is 4.15. The fourth-order valence-electron chi connectivity index (χ4n) is 3.12. The number of rotatable bonds is 3. The number of carbonyl (C=O) groups excluding carboxylic acids is 1. The summed E-state index contributed by atoms with van der Waals surface area (Å²) in [6.45, 7) is 1.92. The molecule has 1 unspecified atom stereocenters. The molecule has 0 bridgehead atoms. The number of hydrogen-bond acceptors (Lipinski definition) is 6. The van der Waals surface area contributed by atoms with Gasteiger partial charge in [-0.1, -0.05) is 0 Å². The second-order valence-electron chi connectivity index (χ2n) is 5.69. The van der Waals surface area contributed by atoms with Crippen molar-refractivity contribution in [1.82, 2.24) is 9.88 Å². The molecule has 7 heteroatoms. The molecule has 0 aromatic carbocycles. The van der Waals surface area contributed by atoms with E-state index in [1.165, 1.54) is 11.3 Å². The van der Waals surface area contributed by atoms with E-state index in [0.29, 0.717) is 24.7 Å². The molecule has 1 amide bonds. The molecule has 2 saturated heterocycles. The summed E-state index contributed by atoms with van der Waals surface area (Å²) in [5.41, 5.74) is 0.464. The summed E-state index contributed by atoms with van der Waals surface area (Å²) in [7, 11) is 0. The van der Waals surface area contributed by atoms with Crippen LogP contribution in [0.5, 0.6) is 0 Å². The monoisotopic (exact) mass is 334 g/mol. The van der Waals surface area contributed by atoms with E-state index in [9.17, 15) is 4.79 Å². The molecule has 2 aromatic heterocycles. The highest BCUT2D eigenvalue weighted by Crippen LogP contribution is 2.28. The van der Waals surface area contributed by atoms with Gasteiger partial charge in [-0.05, 0) is 31.4 Å². The molecule has 122 valence electrons. The van der Waals surface area contributed by atoms with Gasteiger partial charge >= 0.3 is 0 Å². The molecule has 1 atom stereocenters. The van der Waals surface area contributed by atoms with E-state index in [0.717, 1.165) is 30.8 Å². The van der Waals surface area contributed by atoms with Crippen LogP contribution in [0.2, 0.25) is 0 Å². The van der Waals surface area contributed by atoms with Gasteiger partial charge in [0.25, 0.3) is 5.91 Å². The highest BCUT2D eigenvalue weighted by Gasteiger charge is 2.37. The Hall–Kier alpha value is -1.70. The van der Waals surface area contributed by atoms with E-state index in [1.54, 1.807) is 11.6 Å². The Morgan fingerprint density at radius 2 is 2.17 bits per heavy atom. The number of thiazole rings is 1. The van der Waals surface area contributed by atoms with E-state index < -0.39 is 0 Å². The average Bonchev–Trinajstić information content (AvgIpc) is 3.35. The van der Waals surface area contributed by atoms with Gasteiger partial charge in [0.2, 0.25) is 0 Å². The highest BCUT2D eigenvalue weighted by molar-refractivity contribution is 7.13. The van der Waals surface area contributed by atoms with Crippen LogP contribution in [-0.4, -0.2) is 47.9 Å². The van der Waals surface area contributed by atoms with E-state index in [1.807, 2.05) is 17.0 Å². The number of aromatic nitrogens is 1. The zero-order chi connectivity index (χ0) is 15.6. The molecule has 23 heavy (non-hydrogen) atoms. The van der Waals surface area contributed by atoms with Crippen LogP contribution in [-0.2, 0) is 9.47 Å².